The number of nitrogens with one attached hydrogen (secondary N) is 2. The molecule has 1 fully saturated rings. The fourth-order valence-electron chi connectivity index (χ4n) is 4.06. The van der Waals surface area contributed by atoms with Gasteiger partial charge in [0.2, 0.25) is 0 Å². The highest BCUT2D eigenvalue weighted by Crippen LogP contribution is 2.32. The normalized spacial score (nSPS) is 15.1. The van der Waals surface area contributed by atoms with E-state index in [0.29, 0.717) is 5.82 Å². The first-order valence-corrected chi connectivity index (χ1v) is 9.52. The van der Waals surface area contributed by atoms with Crippen LogP contribution in [0.4, 0.5) is 5.82 Å². The van der Waals surface area contributed by atoms with Gasteiger partial charge in [-0.2, -0.15) is 0 Å². The molecule has 4 aromatic rings. The second-order valence-corrected chi connectivity index (χ2v) is 7.68. The summed E-state index contributed by atoms with van der Waals surface area (Å²) in [6.45, 7) is 2.90. The summed E-state index contributed by atoms with van der Waals surface area (Å²) in [7, 11) is 2.23. The number of anilines is 1. The average Bonchev–Trinajstić information content (AvgIpc) is 3.15. The Balaban J connectivity index is 1.60. The van der Waals surface area contributed by atoms with E-state index in [1.165, 1.54) is 30.2 Å². The minimum atomic E-state index is 0.491. The van der Waals surface area contributed by atoms with Gasteiger partial charge in [-0.3, -0.25) is 4.90 Å². The largest absolute Gasteiger partial charge is 0.384 e. The molecule has 6 nitrogen and oxygen atoms in total. The van der Waals surface area contributed by atoms with Crippen LogP contribution in [0.3, 0.4) is 0 Å². The lowest BCUT2D eigenvalue weighted by molar-refractivity contribution is 0.153. The number of benzene rings is 1. The predicted molar refractivity (Wildman–Crippen MR) is 109 cm³/mol. The third-order valence-corrected chi connectivity index (χ3v) is 5.75. The number of nitrogens with two attached hydrogens (primary N) is 1. The van der Waals surface area contributed by atoms with Crippen molar-refractivity contribution in [1.82, 2.24) is 24.8 Å². The molecule has 138 valence electrons. The molecule has 0 aliphatic heterocycles. The van der Waals surface area contributed by atoms with Crippen molar-refractivity contribution in [3.05, 3.63) is 41.7 Å². The Kier molecular flexibility index (Phi) is 3.68. The highest BCUT2D eigenvalue weighted by Gasteiger charge is 2.22. The van der Waals surface area contributed by atoms with Gasteiger partial charge in [0.1, 0.15) is 17.2 Å². The summed E-state index contributed by atoms with van der Waals surface area (Å²) in [4.78, 5) is 18.2. The molecule has 0 saturated heterocycles. The Hall–Kier alpha value is -2.86. The molecule has 27 heavy (non-hydrogen) atoms. The highest BCUT2D eigenvalue weighted by molar-refractivity contribution is 5.96. The Morgan fingerprint density at radius 1 is 1.19 bits per heavy atom. The Morgan fingerprint density at radius 2 is 2.04 bits per heavy atom. The van der Waals surface area contributed by atoms with E-state index in [0.717, 1.165) is 46.3 Å². The summed E-state index contributed by atoms with van der Waals surface area (Å²) >= 11 is 0. The SMILES string of the molecule is Cc1nc2c(-c3cc4c(CN(C)C5CCC5)cccc4[nH]3)cc(N)nc2[nH]1. The summed E-state index contributed by atoms with van der Waals surface area (Å²) < 4.78 is 0. The summed E-state index contributed by atoms with van der Waals surface area (Å²) in [5.74, 6) is 1.33. The summed E-state index contributed by atoms with van der Waals surface area (Å²) in [5, 5.41) is 1.26. The first kappa shape index (κ1) is 16.3. The van der Waals surface area contributed by atoms with Crippen molar-refractivity contribution in [2.24, 2.45) is 0 Å². The zero-order valence-corrected chi connectivity index (χ0v) is 15.7. The number of nitrogen functional groups attached to an aromatic ring is 1. The van der Waals surface area contributed by atoms with E-state index in [4.69, 9.17) is 5.73 Å². The number of hydrogen-bond acceptors (Lipinski definition) is 4. The third kappa shape index (κ3) is 2.77. The van der Waals surface area contributed by atoms with Crippen LogP contribution in [0.5, 0.6) is 0 Å². The van der Waals surface area contributed by atoms with Crippen molar-refractivity contribution in [2.75, 3.05) is 12.8 Å². The number of aromatic amines is 2. The van der Waals surface area contributed by atoms with Crippen molar-refractivity contribution in [1.29, 1.82) is 0 Å². The molecule has 1 saturated carbocycles. The van der Waals surface area contributed by atoms with Crippen molar-refractivity contribution < 1.29 is 0 Å². The molecule has 3 aromatic heterocycles. The molecular weight excluding hydrogens is 336 g/mol. The fraction of sp³-hybridized carbons (Fsp3) is 0.333. The quantitative estimate of drug-likeness (QED) is 0.514. The zero-order chi connectivity index (χ0) is 18.5. The van der Waals surface area contributed by atoms with Gasteiger partial charge in [0.15, 0.2) is 5.65 Å². The van der Waals surface area contributed by atoms with Gasteiger partial charge < -0.3 is 15.7 Å². The lowest BCUT2D eigenvalue weighted by Crippen LogP contribution is -2.36. The summed E-state index contributed by atoms with van der Waals surface area (Å²) in [6, 6.07) is 11.3. The average molecular weight is 360 g/mol. The van der Waals surface area contributed by atoms with Crippen LogP contribution >= 0.6 is 0 Å². The van der Waals surface area contributed by atoms with Crippen LogP contribution in [-0.2, 0) is 6.54 Å². The summed E-state index contributed by atoms with van der Waals surface area (Å²) in [5.41, 5.74) is 12.1. The molecule has 1 aliphatic rings. The second-order valence-electron chi connectivity index (χ2n) is 7.68. The number of nitrogens with zero attached hydrogens (tertiary/aromatic N) is 3. The van der Waals surface area contributed by atoms with Gasteiger partial charge in [0, 0.05) is 34.7 Å². The van der Waals surface area contributed by atoms with Crippen molar-refractivity contribution in [3.63, 3.8) is 0 Å². The van der Waals surface area contributed by atoms with E-state index in [1.54, 1.807) is 0 Å². The van der Waals surface area contributed by atoms with E-state index in [2.05, 4.69) is 56.1 Å². The number of aryl methyl sites for hydroxylation is 1. The van der Waals surface area contributed by atoms with Crippen molar-refractivity contribution in [2.45, 2.75) is 38.8 Å². The molecule has 4 N–H and O–H groups in total. The molecule has 0 bridgehead atoms. The molecule has 1 aliphatic carbocycles. The molecule has 5 rings (SSSR count). The number of hydrogen-bond donors (Lipinski definition) is 3. The first-order chi connectivity index (χ1) is 13.1. The van der Waals surface area contributed by atoms with Crippen molar-refractivity contribution in [3.8, 4) is 11.3 Å². The Labute approximate surface area is 157 Å². The van der Waals surface area contributed by atoms with Crippen LogP contribution in [0, 0.1) is 6.92 Å². The van der Waals surface area contributed by atoms with Gasteiger partial charge in [0.05, 0.1) is 0 Å². The topological polar surface area (TPSA) is 86.6 Å². The van der Waals surface area contributed by atoms with Gasteiger partial charge >= 0.3 is 0 Å². The van der Waals surface area contributed by atoms with E-state index in [9.17, 15) is 0 Å². The molecule has 6 heteroatoms. The maximum atomic E-state index is 6.04. The van der Waals surface area contributed by atoms with Gasteiger partial charge in [-0.25, -0.2) is 9.97 Å². The van der Waals surface area contributed by atoms with Crippen LogP contribution in [0.1, 0.15) is 30.7 Å². The Bertz CT molecular complexity index is 1130. The lowest BCUT2D eigenvalue weighted by atomic mass is 9.91. The number of imidazole rings is 1. The molecule has 0 atom stereocenters. The first-order valence-electron chi connectivity index (χ1n) is 9.52. The number of H-pyrrole nitrogens is 2. The van der Waals surface area contributed by atoms with Crippen molar-refractivity contribution >= 4 is 27.9 Å². The molecule has 3 heterocycles. The number of aromatic nitrogens is 4. The monoisotopic (exact) mass is 360 g/mol. The van der Waals surface area contributed by atoms with Crippen LogP contribution in [0.25, 0.3) is 33.3 Å². The molecule has 0 radical (unpaired) electrons. The number of rotatable bonds is 4. The smallest absolute Gasteiger partial charge is 0.160 e. The van der Waals surface area contributed by atoms with Gasteiger partial charge in [-0.1, -0.05) is 18.6 Å². The molecule has 0 spiro atoms. The number of fused-ring (bicyclic) bond motifs is 2. The molecule has 0 unspecified atom stereocenters. The van der Waals surface area contributed by atoms with Crippen LogP contribution in [0.15, 0.2) is 30.3 Å². The van der Waals surface area contributed by atoms with E-state index < -0.39 is 0 Å². The standard InChI is InChI=1S/C21H24N6/c1-12-23-20-16(10-19(22)26-21(20)24-12)18-9-15-13(5-3-8-17(15)25-18)11-27(2)14-6-4-7-14/h3,5,8-10,14,25H,4,6-7,11H2,1-2H3,(H3,22,23,24,26). The van der Waals surface area contributed by atoms with Gasteiger partial charge in [0.25, 0.3) is 0 Å². The van der Waals surface area contributed by atoms with E-state index in [1.807, 2.05) is 13.0 Å². The summed E-state index contributed by atoms with van der Waals surface area (Å²) in [6.07, 6.45) is 3.99. The van der Waals surface area contributed by atoms with E-state index in [-0.39, 0.29) is 0 Å². The highest BCUT2D eigenvalue weighted by atomic mass is 15.1. The van der Waals surface area contributed by atoms with Crippen LogP contribution in [-0.4, -0.2) is 37.9 Å². The fourth-order valence-corrected chi connectivity index (χ4v) is 4.06. The van der Waals surface area contributed by atoms with Crippen LogP contribution in [0.2, 0.25) is 0 Å². The minimum absolute atomic E-state index is 0.491. The van der Waals surface area contributed by atoms with Crippen LogP contribution < -0.4 is 5.73 Å². The van der Waals surface area contributed by atoms with Gasteiger partial charge in [-0.05, 0) is 50.6 Å². The maximum absolute atomic E-state index is 6.04. The van der Waals surface area contributed by atoms with E-state index >= 15 is 0 Å². The molecular formula is C21H24N6. The Morgan fingerprint density at radius 3 is 2.81 bits per heavy atom. The zero-order valence-electron chi connectivity index (χ0n) is 15.7. The molecule has 1 aromatic carbocycles. The predicted octanol–water partition coefficient (Wildman–Crippen LogP) is 3.98. The maximum Gasteiger partial charge on any atom is 0.160 e. The number of pyridine rings is 1. The van der Waals surface area contributed by atoms with Gasteiger partial charge in [-0.15, -0.1) is 0 Å². The minimum Gasteiger partial charge on any atom is -0.384 e. The third-order valence-electron chi connectivity index (χ3n) is 5.75. The second kappa shape index (κ2) is 6.09. The lowest BCUT2D eigenvalue weighted by Gasteiger charge is -2.34. The molecule has 0 amide bonds.